The molecule has 0 aromatic carbocycles. The van der Waals surface area contributed by atoms with Crippen LogP contribution in [0, 0.1) is 0 Å². The molecule has 0 aliphatic carbocycles. The van der Waals surface area contributed by atoms with Crippen LogP contribution in [0.1, 0.15) is 27.7 Å². The van der Waals surface area contributed by atoms with Crippen LogP contribution in [0.5, 0.6) is 0 Å². The van der Waals surface area contributed by atoms with Gasteiger partial charge in [-0.25, -0.2) is 10.0 Å². The summed E-state index contributed by atoms with van der Waals surface area (Å²) >= 11 is 0. The molecule has 0 aliphatic rings. The molecule has 6 nitrogen and oxygen atoms in total. The molecule has 6 heteroatoms. The standard InChI is InChI=1S/C12H28N2O4/c1-9(15)5-13(6-10(2)16)14(7-11(3)17)8-12(4)18/h9-12,15-18H,5-8H2,1-4H3/t9-,10-,11-,12+/m1/s1. The maximum atomic E-state index is 9.48. The normalized spacial score (nSPS) is 19.0. The maximum absolute atomic E-state index is 9.48. The molecule has 0 spiro atoms. The molecule has 0 amide bonds. The zero-order valence-corrected chi connectivity index (χ0v) is 11.8. The highest BCUT2D eigenvalue weighted by Gasteiger charge is 2.21. The summed E-state index contributed by atoms with van der Waals surface area (Å²) in [5, 5.41) is 41.5. The summed E-state index contributed by atoms with van der Waals surface area (Å²) in [7, 11) is 0. The lowest BCUT2D eigenvalue weighted by Gasteiger charge is -2.38. The van der Waals surface area contributed by atoms with Crippen LogP contribution in [0.2, 0.25) is 0 Å². The topological polar surface area (TPSA) is 87.4 Å². The third-order valence-electron chi connectivity index (χ3n) is 2.30. The average molecular weight is 264 g/mol. The lowest BCUT2D eigenvalue weighted by molar-refractivity contribution is -0.101. The SMILES string of the molecule is C[C@H](O)CN(C[C@@H](C)O)N(C[C@@H](C)O)C[C@@H](C)O. The highest BCUT2D eigenvalue weighted by Crippen LogP contribution is 2.05. The molecule has 110 valence electrons. The van der Waals surface area contributed by atoms with E-state index in [2.05, 4.69) is 0 Å². The van der Waals surface area contributed by atoms with E-state index in [9.17, 15) is 20.4 Å². The molecule has 18 heavy (non-hydrogen) atoms. The predicted molar refractivity (Wildman–Crippen MR) is 69.9 cm³/mol. The molecule has 4 atom stereocenters. The van der Waals surface area contributed by atoms with E-state index in [1.54, 1.807) is 37.7 Å². The molecule has 0 aromatic heterocycles. The van der Waals surface area contributed by atoms with Crippen molar-refractivity contribution in [3.8, 4) is 0 Å². The Bertz CT molecular complexity index is 168. The van der Waals surface area contributed by atoms with E-state index >= 15 is 0 Å². The van der Waals surface area contributed by atoms with E-state index in [1.165, 1.54) is 0 Å². The van der Waals surface area contributed by atoms with Gasteiger partial charge in [0, 0.05) is 26.2 Å². The minimum absolute atomic E-state index is 0.352. The Morgan fingerprint density at radius 1 is 0.556 bits per heavy atom. The number of nitrogens with zero attached hydrogens (tertiary/aromatic N) is 2. The van der Waals surface area contributed by atoms with Gasteiger partial charge in [-0.1, -0.05) is 0 Å². The number of aliphatic hydroxyl groups is 4. The van der Waals surface area contributed by atoms with Gasteiger partial charge in [0.1, 0.15) is 0 Å². The average Bonchev–Trinajstić information content (AvgIpc) is 2.12. The smallest absolute Gasteiger partial charge is 0.0653 e. The van der Waals surface area contributed by atoms with Crippen LogP contribution < -0.4 is 0 Å². The first-order chi connectivity index (χ1) is 8.22. The first-order valence-electron chi connectivity index (χ1n) is 6.44. The summed E-state index contributed by atoms with van der Waals surface area (Å²) in [5.74, 6) is 0. The van der Waals surface area contributed by atoms with Crippen molar-refractivity contribution in [2.75, 3.05) is 26.2 Å². The predicted octanol–water partition coefficient (Wildman–Crippen LogP) is -0.971. The van der Waals surface area contributed by atoms with Gasteiger partial charge in [-0.15, -0.1) is 0 Å². The van der Waals surface area contributed by atoms with Crippen LogP contribution in [0.4, 0.5) is 0 Å². The van der Waals surface area contributed by atoms with E-state index in [0.717, 1.165) is 0 Å². The second kappa shape index (κ2) is 8.79. The minimum Gasteiger partial charge on any atom is -0.392 e. The van der Waals surface area contributed by atoms with Crippen molar-refractivity contribution in [1.29, 1.82) is 0 Å². The second-order valence-corrected chi connectivity index (χ2v) is 5.14. The van der Waals surface area contributed by atoms with Gasteiger partial charge in [0.15, 0.2) is 0 Å². The summed E-state index contributed by atoms with van der Waals surface area (Å²) in [4.78, 5) is 0. The summed E-state index contributed by atoms with van der Waals surface area (Å²) in [6, 6.07) is 0. The van der Waals surface area contributed by atoms with Crippen LogP contribution in [-0.4, -0.2) is 81.0 Å². The van der Waals surface area contributed by atoms with Crippen LogP contribution in [0.3, 0.4) is 0 Å². The third kappa shape index (κ3) is 8.79. The number of hydrogen-bond donors (Lipinski definition) is 4. The Labute approximate surface area is 109 Å². The second-order valence-electron chi connectivity index (χ2n) is 5.14. The molecule has 0 rings (SSSR count). The van der Waals surface area contributed by atoms with Crippen LogP contribution in [0.25, 0.3) is 0 Å². The van der Waals surface area contributed by atoms with Crippen molar-refractivity contribution in [2.45, 2.75) is 52.1 Å². The molecule has 0 radical (unpaired) electrons. The minimum atomic E-state index is -0.547. The van der Waals surface area contributed by atoms with Gasteiger partial charge in [0.05, 0.1) is 24.4 Å². The van der Waals surface area contributed by atoms with Crippen molar-refractivity contribution >= 4 is 0 Å². The fourth-order valence-electron chi connectivity index (χ4n) is 1.83. The summed E-state index contributed by atoms with van der Waals surface area (Å²) in [6.45, 7) is 8.06. The maximum Gasteiger partial charge on any atom is 0.0653 e. The van der Waals surface area contributed by atoms with E-state index < -0.39 is 24.4 Å². The molecule has 0 saturated heterocycles. The zero-order valence-electron chi connectivity index (χ0n) is 11.8. The Kier molecular flexibility index (Phi) is 8.67. The quantitative estimate of drug-likeness (QED) is 0.401. The number of aliphatic hydroxyl groups excluding tert-OH is 4. The van der Waals surface area contributed by atoms with Gasteiger partial charge in [-0.2, -0.15) is 0 Å². The first kappa shape index (κ1) is 17.8. The Morgan fingerprint density at radius 3 is 0.833 bits per heavy atom. The van der Waals surface area contributed by atoms with Gasteiger partial charge < -0.3 is 20.4 Å². The number of rotatable bonds is 9. The molecule has 0 aromatic rings. The molecule has 0 unspecified atom stereocenters. The Morgan fingerprint density at radius 2 is 0.722 bits per heavy atom. The van der Waals surface area contributed by atoms with Gasteiger partial charge in [-0.3, -0.25) is 0 Å². The lowest BCUT2D eigenvalue weighted by atomic mass is 10.3. The van der Waals surface area contributed by atoms with Crippen molar-refractivity contribution < 1.29 is 20.4 Å². The molecule has 0 saturated carbocycles. The molecule has 4 N–H and O–H groups in total. The largest absolute Gasteiger partial charge is 0.392 e. The van der Waals surface area contributed by atoms with Gasteiger partial charge in [0.25, 0.3) is 0 Å². The van der Waals surface area contributed by atoms with Crippen molar-refractivity contribution in [2.24, 2.45) is 0 Å². The van der Waals surface area contributed by atoms with E-state index in [-0.39, 0.29) is 0 Å². The van der Waals surface area contributed by atoms with Crippen molar-refractivity contribution in [3.63, 3.8) is 0 Å². The first-order valence-corrected chi connectivity index (χ1v) is 6.44. The zero-order chi connectivity index (χ0) is 14.3. The molecular weight excluding hydrogens is 236 g/mol. The van der Waals surface area contributed by atoms with Gasteiger partial charge in [0.2, 0.25) is 0 Å². The molecule has 0 aliphatic heterocycles. The van der Waals surface area contributed by atoms with Crippen molar-refractivity contribution in [1.82, 2.24) is 10.0 Å². The Balaban J connectivity index is 4.69. The lowest BCUT2D eigenvalue weighted by Crippen LogP contribution is -2.53. The Hall–Kier alpha value is -0.240. The molecule has 0 fully saturated rings. The van der Waals surface area contributed by atoms with Crippen LogP contribution in [0.15, 0.2) is 0 Å². The van der Waals surface area contributed by atoms with E-state index in [4.69, 9.17) is 0 Å². The number of hydrazine groups is 1. The summed E-state index contributed by atoms with van der Waals surface area (Å²) in [5.41, 5.74) is 0. The van der Waals surface area contributed by atoms with Crippen LogP contribution >= 0.6 is 0 Å². The van der Waals surface area contributed by atoms with Gasteiger partial charge >= 0.3 is 0 Å². The molecule has 0 heterocycles. The fourth-order valence-corrected chi connectivity index (χ4v) is 1.83. The van der Waals surface area contributed by atoms with Crippen molar-refractivity contribution in [3.05, 3.63) is 0 Å². The summed E-state index contributed by atoms with van der Waals surface area (Å²) in [6.07, 6.45) is -2.19. The van der Waals surface area contributed by atoms with E-state index in [0.29, 0.717) is 26.2 Å². The van der Waals surface area contributed by atoms with E-state index in [1.807, 2.05) is 0 Å². The highest BCUT2D eigenvalue weighted by atomic mass is 16.3. The third-order valence-corrected chi connectivity index (χ3v) is 2.30. The highest BCUT2D eigenvalue weighted by molar-refractivity contribution is 4.68. The molecule has 0 bridgehead atoms. The molecular formula is C12H28N2O4. The van der Waals surface area contributed by atoms with Gasteiger partial charge in [-0.05, 0) is 27.7 Å². The fraction of sp³-hybridized carbons (Fsp3) is 1.00. The summed E-state index contributed by atoms with van der Waals surface area (Å²) < 4.78 is 0. The number of hydrogen-bond acceptors (Lipinski definition) is 6. The monoisotopic (exact) mass is 264 g/mol. The van der Waals surface area contributed by atoms with Crippen LogP contribution in [-0.2, 0) is 0 Å².